The highest BCUT2D eigenvalue weighted by Crippen LogP contribution is 2.11. The minimum atomic E-state index is -0.683. The second-order valence-electron chi connectivity index (χ2n) is 7.19. The predicted octanol–water partition coefficient (Wildman–Crippen LogP) is 6.43. The van der Waals surface area contributed by atoms with E-state index >= 15 is 0 Å². The van der Waals surface area contributed by atoms with Crippen molar-refractivity contribution in [3.8, 4) is 0 Å². The number of aliphatic carboxylic acids is 1. The van der Waals surface area contributed by atoms with Crippen LogP contribution < -0.4 is 0 Å². The van der Waals surface area contributed by atoms with E-state index in [1.807, 2.05) is 13.8 Å². The van der Waals surface area contributed by atoms with Gasteiger partial charge in [-0.1, -0.05) is 57.6 Å². The van der Waals surface area contributed by atoms with Gasteiger partial charge >= 0.3 is 11.9 Å². The molecule has 0 bridgehead atoms. The van der Waals surface area contributed by atoms with Gasteiger partial charge in [0.15, 0.2) is 0 Å². The number of carbonyl (C=O) groups excluding carboxylic acids is 1. The first-order valence-electron chi connectivity index (χ1n) is 10.6. The van der Waals surface area contributed by atoms with Crippen molar-refractivity contribution in [2.24, 2.45) is 0 Å². The Balaban J connectivity index is 3.24. The summed E-state index contributed by atoms with van der Waals surface area (Å²) in [5.41, 5.74) is 0. The minimum absolute atomic E-state index is 0.0474. The van der Waals surface area contributed by atoms with Crippen molar-refractivity contribution in [2.45, 2.75) is 116 Å². The Hall–Kier alpha value is -1.32. The van der Waals surface area contributed by atoms with Crippen LogP contribution in [0.3, 0.4) is 0 Å². The third-order valence-corrected chi connectivity index (χ3v) is 4.59. The monoisotopic (exact) mass is 368 g/mol. The molecule has 1 N–H and O–H groups in total. The van der Waals surface area contributed by atoms with Crippen molar-refractivity contribution in [2.75, 3.05) is 0 Å². The van der Waals surface area contributed by atoms with Crippen LogP contribution in [0.15, 0.2) is 12.2 Å². The molecule has 1 atom stereocenters. The number of rotatable bonds is 18. The molecule has 1 unspecified atom stereocenters. The Bertz CT molecular complexity index is 376. The fraction of sp³-hybridized carbons (Fsp3) is 0.818. The summed E-state index contributed by atoms with van der Waals surface area (Å²) < 4.78 is 5.26. The molecule has 0 spiro atoms. The lowest BCUT2D eigenvalue weighted by molar-refractivity contribution is -0.148. The fourth-order valence-corrected chi connectivity index (χ4v) is 2.73. The summed E-state index contributed by atoms with van der Waals surface area (Å²) in [5.74, 6) is -0.735. The highest BCUT2D eigenvalue weighted by molar-refractivity contribution is 5.69. The second-order valence-corrected chi connectivity index (χ2v) is 7.19. The number of allylic oxidation sites excluding steroid dienone is 2. The molecule has 0 aromatic rings. The lowest BCUT2D eigenvalue weighted by atomic mass is 10.1. The van der Waals surface area contributed by atoms with Crippen molar-refractivity contribution in [1.29, 1.82) is 0 Å². The molecule has 0 saturated heterocycles. The molecular formula is C22H40O4. The van der Waals surface area contributed by atoms with Crippen LogP contribution in [0, 0.1) is 0 Å². The molecule has 0 heterocycles. The third-order valence-electron chi connectivity index (χ3n) is 4.59. The third kappa shape index (κ3) is 19.0. The summed E-state index contributed by atoms with van der Waals surface area (Å²) in [6.07, 6.45) is 19.7. The maximum atomic E-state index is 11.5. The molecule has 26 heavy (non-hydrogen) atoms. The Kier molecular flexibility index (Phi) is 17.5. The second kappa shape index (κ2) is 18.5. The van der Waals surface area contributed by atoms with Crippen LogP contribution in [0.5, 0.6) is 0 Å². The first kappa shape index (κ1) is 24.7. The molecule has 0 aliphatic rings. The van der Waals surface area contributed by atoms with Crippen LogP contribution in [0.25, 0.3) is 0 Å². The topological polar surface area (TPSA) is 63.6 Å². The Morgan fingerprint density at radius 3 is 1.77 bits per heavy atom. The van der Waals surface area contributed by atoms with Crippen LogP contribution in [0.4, 0.5) is 0 Å². The van der Waals surface area contributed by atoms with E-state index in [-0.39, 0.29) is 12.1 Å². The molecule has 0 rings (SSSR count). The molecular weight excluding hydrogens is 328 g/mol. The molecule has 0 amide bonds. The summed E-state index contributed by atoms with van der Waals surface area (Å²) in [5, 5.41) is 8.55. The maximum absolute atomic E-state index is 11.5. The molecule has 4 nitrogen and oxygen atoms in total. The quantitative estimate of drug-likeness (QED) is 0.172. The van der Waals surface area contributed by atoms with Crippen LogP contribution in [0.2, 0.25) is 0 Å². The van der Waals surface area contributed by atoms with Crippen molar-refractivity contribution in [3.63, 3.8) is 0 Å². The number of carbonyl (C=O) groups is 2. The van der Waals surface area contributed by atoms with Crippen LogP contribution in [0.1, 0.15) is 110 Å². The van der Waals surface area contributed by atoms with E-state index < -0.39 is 5.97 Å². The number of carboxylic acids is 1. The fourth-order valence-electron chi connectivity index (χ4n) is 2.73. The van der Waals surface area contributed by atoms with Gasteiger partial charge in [0.25, 0.3) is 0 Å². The van der Waals surface area contributed by atoms with Gasteiger partial charge in [-0.05, 0) is 51.9 Å². The van der Waals surface area contributed by atoms with E-state index in [1.165, 1.54) is 32.1 Å². The van der Waals surface area contributed by atoms with Gasteiger partial charge in [-0.25, -0.2) is 0 Å². The molecule has 0 aliphatic heterocycles. The maximum Gasteiger partial charge on any atom is 0.306 e. The highest BCUT2D eigenvalue weighted by atomic mass is 16.5. The Morgan fingerprint density at radius 1 is 0.808 bits per heavy atom. The van der Waals surface area contributed by atoms with E-state index in [0.717, 1.165) is 51.4 Å². The summed E-state index contributed by atoms with van der Waals surface area (Å²) in [6.45, 7) is 3.96. The first-order chi connectivity index (χ1) is 12.6. The van der Waals surface area contributed by atoms with E-state index in [2.05, 4.69) is 12.2 Å². The summed E-state index contributed by atoms with van der Waals surface area (Å²) in [7, 11) is 0. The molecule has 0 aromatic carbocycles. The summed E-state index contributed by atoms with van der Waals surface area (Å²) in [6, 6.07) is 0. The van der Waals surface area contributed by atoms with Gasteiger partial charge in [0.05, 0.1) is 6.10 Å². The Morgan fingerprint density at radius 2 is 1.27 bits per heavy atom. The van der Waals surface area contributed by atoms with Gasteiger partial charge in [0, 0.05) is 12.8 Å². The number of esters is 1. The van der Waals surface area contributed by atoms with E-state index in [1.54, 1.807) is 0 Å². The number of unbranched alkanes of at least 4 members (excludes halogenated alkanes) is 10. The molecule has 0 radical (unpaired) electrons. The van der Waals surface area contributed by atoms with Crippen molar-refractivity contribution >= 4 is 11.9 Å². The number of carboxylic acid groups (broad SMARTS) is 1. The lowest BCUT2D eigenvalue weighted by Gasteiger charge is -2.10. The van der Waals surface area contributed by atoms with E-state index in [9.17, 15) is 9.59 Å². The predicted molar refractivity (Wildman–Crippen MR) is 107 cm³/mol. The van der Waals surface area contributed by atoms with Gasteiger partial charge in [0.2, 0.25) is 0 Å². The van der Waals surface area contributed by atoms with E-state index in [4.69, 9.17) is 9.84 Å². The molecule has 0 fully saturated rings. The van der Waals surface area contributed by atoms with Crippen molar-refractivity contribution in [1.82, 2.24) is 0 Å². The van der Waals surface area contributed by atoms with Gasteiger partial charge in [-0.2, -0.15) is 0 Å². The SMILES string of the molecule is CCC(C)OC(=O)CCCCCCCC=CCCCCCCCC(=O)O. The van der Waals surface area contributed by atoms with Crippen LogP contribution in [-0.2, 0) is 14.3 Å². The van der Waals surface area contributed by atoms with Crippen molar-refractivity contribution in [3.05, 3.63) is 12.2 Å². The molecule has 0 saturated carbocycles. The largest absolute Gasteiger partial charge is 0.481 e. The van der Waals surface area contributed by atoms with Gasteiger partial charge < -0.3 is 9.84 Å². The zero-order valence-electron chi connectivity index (χ0n) is 17.0. The average Bonchev–Trinajstić information content (AvgIpc) is 2.60. The van der Waals surface area contributed by atoms with Crippen LogP contribution in [-0.4, -0.2) is 23.1 Å². The Labute approximate surface area is 160 Å². The summed E-state index contributed by atoms with van der Waals surface area (Å²) >= 11 is 0. The highest BCUT2D eigenvalue weighted by Gasteiger charge is 2.06. The minimum Gasteiger partial charge on any atom is -0.481 e. The van der Waals surface area contributed by atoms with Crippen LogP contribution >= 0.6 is 0 Å². The van der Waals surface area contributed by atoms with Gasteiger partial charge in [0.1, 0.15) is 0 Å². The van der Waals surface area contributed by atoms with Gasteiger partial charge in [-0.3, -0.25) is 9.59 Å². The zero-order valence-corrected chi connectivity index (χ0v) is 17.0. The molecule has 4 heteroatoms. The molecule has 0 aliphatic carbocycles. The number of hydrogen-bond acceptors (Lipinski definition) is 3. The number of ether oxygens (including phenoxy) is 1. The van der Waals surface area contributed by atoms with E-state index in [0.29, 0.717) is 12.8 Å². The van der Waals surface area contributed by atoms with Crippen molar-refractivity contribution < 1.29 is 19.4 Å². The van der Waals surface area contributed by atoms with Gasteiger partial charge in [-0.15, -0.1) is 0 Å². The normalized spacial score (nSPS) is 12.4. The average molecular weight is 369 g/mol. The number of hydrogen-bond donors (Lipinski definition) is 1. The molecule has 152 valence electrons. The zero-order chi connectivity index (χ0) is 19.5. The summed E-state index contributed by atoms with van der Waals surface area (Å²) in [4.78, 5) is 21.9. The standard InChI is InChI=1S/C22H40O4/c1-3-20(2)26-22(25)19-17-15-13-11-9-7-5-4-6-8-10-12-14-16-18-21(23)24/h4-5,20H,3,6-19H2,1-2H3,(H,23,24). The molecule has 0 aromatic heterocycles. The smallest absolute Gasteiger partial charge is 0.306 e. The lowest BCUT2D eigenvalue weighted by Crippen LogP contribution is -2.13. The first-order valence-corrected chi connectivity index (χ1v) is 10.6.